The number of anilines is 1. The summed E-state index contributed by atoms with van der Waals surface area (Å²) in [5, 5.41) is 0. The van der Waals surface area contributed by atoms with Crippen molar-refractivity contribution in [3.63, 3.8) is 0 Å². The van der Waals surface area contributed by atoms with Crippen LogP contribution in [0.1, 0.15) is 35.6 Å². The van der Waals surface area contributed by atoms with Gasteiger partial charge in [-0.2, -0.15) is 13.2 Å². The zero-order chi connectivity index (χ0) is 30.3. The number of methoxy groups -OCH3 is 2. The van der Waals surface area contributed by atoms with E-state index in [1.807, 2.05) is 11.0 Å². The van der Waals surface area contributed by atoms with Crippen molar-refractivity contribution in [2.24, 2.45) is 0 Å². The molecule has 0 aliphatic carbocycles. The monoisotopic (exact) mass is 598 g/mol. The molecule has 11 heteroatoms. The molecule has 0 radical (unpaired) electrons. The van der Waals surface area contributed by atoms with Gasteiger partial charge < -0.3 is 14.4 Å². The number of ether oxygens (including phenoxy) is 2. The minimum absolute atomic E-state index is 0.0104. The second kappa shape index (κ2) is 11.7. The highest BCUT2D eigenvalue weighted by atomic mass is 19.4. The van der Waals surface area contributed by atoms with Crippen LogP contribution >= 0.6 is 0 Å². The van der Waals surface area contributed by atoms with Crippen molar-refractivity contribution in [2.75, 3.05) is 45.3 Å². The number of hydrogen-bond donors (Lipinski definition) is 0. The van der Waals surface area contributed by atoms with E-state index >= 15 is 4.39 Å². The first-order valence-corrected chi connectivity index (χ1v) is 14.4. The summed E-state index contributed by atoms with van der Waals surface area (Å²) in [6, 6.07) is 15.3. The molecular weight excluding hydrogens is 564 g/mol. The molecule has 2 fully saturated rings. The third kappa shape index (κ3) is 5.51. The Bertz CT molecular complexity index is 1680. The van der Waals surface area contributed by atoms with Crippen LogP contribution in [-0.2, 0) is 24.0 Å². The molecule has 43 heavy (non-hydrogen) atoms. The summed E-state index contributed by atoms with van der Waals surface area (Å²) in [5.74, 6) is 0.0740. The van der Waals surface area contributed by atoms with Gasteiger partial charge in [-0.25, -0.2) is 9.18 Å². The summed E-state index contributed by atoms with van der Waals surface area (Å²) in [5.41, 5.74) is 1.17. The van der Waals surface area contributed by atoms with Gasteiger partial charge in [0.25, 0.3) is 0 Å². The highest BCUT2D eigenvalue weighted by molar-refractivity contribution is 5.83. The first-order valence-electron chi connectivity index (χ1n) is 14.4. The largest absolute Gasteiger partial charge is 0.494 e. The molecule has 7 nitrogen and oxygen atoms in total. The smallest absolute Gasteiger partial charge is 0.416 e. The van der Waals surface area contributed by atoms with Gasteiger partial charge >= 0.3 is 11.9 Å². The standard InChI is InChI=1S/C32H34F4N4O3/c1-42-24-14-15-37(20-24)17-22-8-5-10-26(33)29(22)38-16-13-23(19-38)40-27-11-6-12-28(43-2)30(27)39(31(40)41)18-21-7-3-4-9-25(21)32(34,35)36/h3-12,23-24H,13-20H2,1-2H3/t23-,24?/m1/s1. The zero-order valence-corrected chi connectivity index (χ0v) is 24.1. The van der Waals surface area contributed by atoms with Crippen molar-refractivity contribution in [1.82, 2.24) is 14.0 Å². The van der Waals surface area contributed by atoms with Crippen molar-refractivity contribution < 1.29 is 27.0 Å². The Balaban J connectivity index is 1.36. The van der Waals surface area contributed by atoms with Gasteiger partial charge in [0.2, 0.25) is 0 Å². The van der Waals surface area contributed by atoms with Gasteiger partial charge in [0.15, 0.2) is 0 Å². The topological polar surface area (TPSA) is 51.9 Å². The van der Waals surface area contributed by atoms with Crippen molar-refractivity contribution in [3.8, 4) is 5.75 Å². The number of alkyl halides is 3. The van der Waals surface area contributed by atoms with E-state index in [0.29, 0.717) is 48.5 Å². The Hall–Kier alpha value is -3.83. The van der Waals surface area contributed by atoms with Gasteiger partial charge in [0.05, 0.1) is 42.6 Å². The molecule has 228 valence electrons. The molecule has 4 aromatic rings. The average Bonchev–Trinajstić information content (AvgIpc) is 3.71. The molecule has 0 N–H and O–H groups in total. The lowest BCUT2D eigenvalue weighted by Gasteiger charge is -2.25. The lowest BCUT2D eigenvalue weighted by Crippen LogP contribution is -2.31. The zero-order valence-electron chi connectivity index (χ0n) is 24.1. The van der Waals surface area contributed by atoms with Crippen molar-refractivity contribution in [1.29, 1.82) is 0 Å². The molecule has 1 aromatic heterocycles. The maximum absolute atomic E-state index is 15.4. The molecule has 3 heterocycles. The minimum Gasteiger partial charge on any atom is -0.494 e. The number of para-hydroxylation sites is 2. The van der Waals surface area contributed by atoms with Crippen molar-refractivity contribution in [3.05, 3.63) is 93.7 Å². The number of likely N-dealkylation sites (tertiary alicyclic amines) is 1. The van der Waals surface area contributed by atoms with Gasteiger partial charge in [-0.1, -0.05) is 36.4 Å². The second-order valence-corrected chi connectivity index (χ2v) is 11.2. The van der Waals surface area contributed by atoms with Crippen LogP contribution in [0.4, 0.5) is 23.2 Å². The first kappa shape index (κ1) is 29.3. The lowest BCUT2D eigenvalue weighted by atomic mass is 10.1. The Morgan fingerprint density at radius 2 is 1.65 bits per heavy atom. The van der Waals surface area contributed by atoms with Gasteiger partial charge in [0, 0.05) is 39.8 Å². The van der Waals surface area contributed by atoms with Crippen LogP contribution in [0.3, 0.4) is 0 Å². The lowest BCUT2D eigenvalue weighted by molar-refractivity contribution is -0.138. The van der Waals surface area contributed by atoms with Crippen LogP contribution in [-0.4, -0.2) is 60.5 Å². The van der Waals surface area contributed by atoms with E-state index in [1.165, 1.54) is 35.9 Å². The maximum Gasteiger partial charge on any atom is 0.416 e. The quantitative estimate of drug-likeness (QED) is 0.244. The fourth-order valence-electron chi connectivity index (χ4n) is 6.65. The van der Waals surface area contributed by atoms with Crippen LogP contribution in [0.25, 0.3) is 11.0 Å². The highest BCUT2D eigenvalue weighted by Gasteiger charge is 2.35. The third-order valence-corrected chi connectivity index (χ3v) is 8.69. The summed E-state index contributed by atoms with van der Waals surface area (Å²) in [6.45, 7) is 2.87. The number of imidazole rings is 1. The fraction of sp³-hybridized carbons (Fsp3) is 0.406. The summed E-state index contributed by atoms with van der Waals surface area (Å²) in [7, 11) is 3.17. The highest BCUT2D eigenvalue weighted by Crippen LogP contribution is 2.36. The summed E-state index contributed by atoms with van der Waals surface area (Å²) in [4.78, 5) is 18.3. The number of fused-ring (bicyclic) bond motifs is 1. The molecule has 0 bridgehead atoms. The molecule has 3 aromatic carbocycles. The predicted octanol–water partition coefficient (Wildman–Crippen LogP) is 5.69. The minimum atomic E-state index is -4.56. The molecule has 2 aliphatic heterocycles. The van der Waals surface area contributed by atoms with Crippen molar-refractivity contribution in [2.45, 2.75) is 44.3 Å². The number of hydrogen-bond acceptors (Lipinski definition) is 5. The Morgan fingerprint density at radius 3 is 2.40 bits per heavy atom. The first-order chi connectivity index (χ1) is 20.7. The van der Waals surface area contributed by atoms with Crippen LogP contribution in [0, 0.1) is 5.82 Å². The molecule has 0 saturated carbocycles. The normalized spacial score (nSPS) is 19.5. The van der Waals surface area contributed by atoms with E-state index in [1.54, 1.807) is 35.9 Å². The van der Waals surface area contributed by atoms with Gasteiger partial charge in [-0.15, -0.1) is 0 Å². The molecule has 0 spiro atoms. The van der Waals surface area contributed by atoms with E-state index in [2.05, 4.69) is 4.90 Å². The van der Waals surface area contributed by atoms with E-state index in [4.69, 9.17) is 9.47 Å². The number of rotatable bonds is 8. The van der Waals surface area contributed by atoms with Crippen LogP contribution in [0.2, 0.25) is 0 Å². The van der Waals surface area contributed by atoms with E-state index in [0.717, 1.165) is 31.1 Å². The average molecular weight is 599 g/mol. The van der Waals surface area contributed by atoms with E-state index < -0.39 is 17.4 Å². The van der Waals surface area contributed by atoms with E-state index in [-0.39, 0.29) is 30.1 Å². The molecule has 1 unspecified atom stereocenters. The van der Waals surface area contributed by atoms with Crippen LogP contribution in [0.5, 0.6) is 5.75 Å². The SMILES string of the molecule is COc1cccc2c1n(Cc1ccccc1C(F)(F)F)c(=O)n2[C@@H]1CCN(c2c(F)cccc2CN2CCC(OC)C2)C1. The number of benzene rings is 3. The molecular formula is C32H34F4N4O3. The molecule has 6 rings (SSSR count). The summed E-state index contributed by atoms with van der Waals surface area (Å²) < 4.78 is 71.0. The molecule has 2 atom stereocenters. The Kier molecular flexibility index (Phi) is 7.95. The Labute approximate surface area is 246 Å². The fourth-order valence-corrected chi connectivity index (χ4v) is 6.65. The van der Waals surface area contributed by atoms with Crippen LogP contribution in [0.15, 0.2) is 65.5 Å². The summed E-state index contributed by atoms with van der Waals surface area (Å²) >= 11 is 0. The maximum atomic E-state index is 15.4. The molecule has 2 saturated heterocycles. The number of aromatic nitrogens is 2. The van der Waals surface area contributed by atoms with Gasteiger partial charge in [-0.3, -0.25) is 14.0 Å². The van der Waals surface area contributed by atoms with E-state index in [9.17, 15) is 18.0 Å². The number of nitrogens with zero attached hydrogens (tertiary/aromatic N) is 4. The predicted molar refractivity (Wildman–Crippen MR) is 156 cm³/mol. The molecule has 0 amide bonds. The second-order valence-electron chi connectivity index (χ2n) is 11.2. The van der Waals surface area contributed by atoms with Crippen molar-refractivity contribution >= 4 is 16.7 Å². The Morgan fingerprint density at radius 1 is 0.884 bits per heavy atom. The van der Waals surface area contributed by atoms with Crippen LogP contribution < -0.4 is 15.3 Å². The van der Waals surface area contributed by atoms with Gasteiger partial charge in [-0.05, 0) is 48.2 Å². The third-order valence-electron chi connectivity index (χ3n) is 8.69. The van der Waals surface area contributed by atoms with Gasteiger partial charge in [0.1, 0.15) is 17.1 Å². The number of halogens is 4. The summed E-state index contributed by atoms with van der Waals surface area (Å²) in [6.07, 6.45) is -2.90. The molecule has 2 aliphatic rings.